The standard InChI is InChI=1S/C15H17NO2/c17-15(9-6-12-4-2-1-3-5-12)16-13-7-8-14(16)11-18-10-13/h1-6,9,13-14H,7-8,10-11H2/b9-6+/t13-,14-/m1/s1. The molecule has 2 atom stereocenters. The first-order chi connectivity index (χ1) is 8.84. The lowest BCUT2D eigenvalue weighted by molar-refractivity contribution is -0.135. The zero-order valence-electron chi connectivity index (χ0n) is 10.3. The first-order valence-corrected chi connectivity index (χ1v) is 6.48. The van der Waals surface area contributed by atoms with E-state index >= 15 is 0 Å². The van der Waals surface area contributed by atoms with Gasteiger partial charge in [0.2, 0.25) is 5.91 Å². The van der Waals surface area contributed by atoms with Crippen LogP contribution in [0.4, 0.5) is 0 Å². The summed E-state index contributed by atoms with van der Waals surface area (Å²) in [4.78, 5) is 14.2. The average molecular weight is 243 g/mol. The third-order valence-electron chi connectivity index (χ3n) is 3.71. The molecule has 3 rings (SSSR count). The quantitative estimate of drug-likeness (QED) is 0.744. The predicted molar refractivity (Wildman–Crippen MR) is 70.0 cm³/mol. The monoisotopic (exact) mass is 243 g/mol. The van der Waals surface area contributed by atoms with Crippen LogP contribution in [-0.2, 0) is 9.53 Å². The molecule has 3 nitrogen and oxygen atoms in total. The number of ether oxygens (including phenoxy) is 1. The van der Waals surface area contributed by atoms with Crippen LogP contribution in [0.5, 0.6) is 0 Å². The maximum absolute atomic E-state index is 12.2. The van der Waals surface area contributed by atoms with E-state index in [0.717, 1.165) is 18.4 Å². The van der Waals surface area contributed by atoms with E-state index in [1.807, 2.05) is 41.3 Å². The minimum atomic E-state index is 0.120. The van der Waals surface area contributed by atoms with Crippen molar-refractivity contribution in [1.82, 2.24) is 4.90 Å². The summed E-state index contributed by atoms with van der Waals surface area (Å²) in [6.07, 6.45) is 5.73. The Hall–Kier alpha value is -1.61. The van der Waals surface area contributed by atoms with Gasteiger partial charge >= 0.3 is 0 Å². The zero-order valence-corrected chi connectivity index (χ0v) is 10.3. The molecule has 0 radical (unpaired) electrons. The molecule has 0 saturated carbocycles. The van der Waals surface area contributed by atoms with Crippen molar-refractivity contribution in [2.45, 2.75) is 24.9 Å². The van der Waals surface area contributed by atoms with Gasteiger partial charge < -0.3 is 9.64 Å². The van der Waals surface area contributed by atoms with Gasteiger partial charge in [0, 0.05) is 6.08 Å². The number of morpholine rings is 1. The number of fused-ring (bicyclic) bond motifs is 2. The highest BCUT2D eigenvalue weighted by Crippen LogP contribution is 2.28. The minimum absolute atomic E-state index is 0.120. The van der Waals surface area contributed by atoms with Crippen molar-refractivity contribution in [2.24, 2.45) is 0 Å². The van der Waals surface area contributed by atoms with Crippen molar-refractivity contribution in [3.05, 3.63) is 42.0 Å². The summed E-state index contributed by atoms with van der Waals surface area (Å²) in [5.41, 5.74) is 1.06. The Morgan fingerprint density at radius 3 is 2.50 bits per heavy atom. The van der Waals surface area contributed by atoms with E-state index in [4.69, 9.17) is 4.74 Å². The number of benzene rings is 1. The fourth-order valence-corrected chi connectivity index (χ4v) is 2.81. The highest BCUT2D eigenvalue weighted by Gasteiger charge is 2.39. The number of carbonyl (C=O) groups excluding carboxylic acids is 1. The third kappa shape index (κ3) is 2.18. The van der Waals surface area contributed by atoms with Crippen LogP contribution >= 0.6 is 0 Å². The minimum Gasteiger partial charge on any atom is -0.377 e. The molecule has 94 valence electrons. The first-order valence-electron chi connectivity index (χ1n) is 6.48. The lowest BCUT2D eigenvalue weighted by Crippen LogP contribution is -2.48. The smallest absolute Gasteiger partial charge is 0.247 e. The van der Waals surface area contributed by atoms with Gasteiger partial charge in [0.25, 0.3) is 0 Å². The fraction of sp³-hybridized carbons (Fsp3) is 0.400. The van der Waals surface area contributed by atoms with Gasteiger partial charge in [0.1, 0.15) is 0 Å². The average Bonchev–Trinajstić information content (AvgIpc) is 2.67. The lowest BCUT2D eigenvalue weighted by atomic mass is 10.2. The first kappa shape index (κ1) is 11.5. The molecule has 18 heavy (non-hydrogen) atoms. The summed E-state index contributed by atoms with van der Waals surface area (Å²) in [7, 11) is 0. The summed E-state index contributed by atoms with van der Waals surface area (Å²) < 4.78 is 5.48. The Balaban J connectivity index is 1.70. The van der Waals surface area contributed by atoms with Gasteiger partial charge in [0.05, 0.1) is 25.3 Å². The maximum atomic E-state index is 12.2. The number of nitrogens with zero attached hydrogens (tertiary/aromatic N) is 1. The van der Waals surface area contributed by atoms with E-state index in [1.54, 1.807) is 6.08 Å². The summed E-state index contributed by atoms with van der Waals surface area (Å²) in [5.74, 6) is 0.120. The molecule has 0 unspecified atom stereocenters. The van der Waals surface area contributed by atoms with Gasteiger partial charge in [-0.2, -0.15) is 0 Å². The van der Waals surface area contributed by atoms with Crippen molar-refractivity contribution < 1.29 is 9.53 Å². The molecule has 2 saturated heterocycles. The lowest BCUT2D eigenvalue weighted by Gasteiger charge is -2.33. The van der Waals surface area contributed by atoms with Crippen LogP contribution in [0.1, 0.15) is 18.4 Å². The molecule has 2 heterocycles. The van der Waals surface area contributed by atoms with E-state index in [-0.39, 0.29) is 18.0 Å². The molecule has 1 aromatic rings. The van der Waals surface area contributed by atoms with Crippen LogP contribution in [-0.4, -0.2) is 36.1 Å². The molecule has 0 N–H and O–H groups in total. The van der Waals surface area contributed by atoms with E-state index in [2.05, 4.69) is 0 Å². The Morgan fingerprint density at radius 1 is 1.17 bits per heavy atom. The Labute approximate surface area is 107 Å². The molecule has 0 aliphatic carbocycles. The zero-order chi connectivity index (χ0) is 12.4. The fourth-order valence-electron chi connectivity index (χ4n) is 2.81. The molecule has 3 heteroatoms. The summed E-state index contributed by atoms with van der Waals surface area (Å²) in [6, 6.07) is 10.5. The SMILES string of the molecule is O=C(/C=C/c1ccccc1)N1[C@@H]2CC[C@@H]1COC2. The molecule has 1 amide bonds. The molecule has 2 fully saturated rings. The maximum Gasteiger partial charge on any atom is 0.247 e. The summed E-state index contributed by atoms with van der Waals surface area (Å²) in [6.45, 7) is 1.39. The number of amides is 1. The van der Waals surface area contributed by atoms with Crippen molar-refractivity contribution >= 4 is 12.0 Å². The van der Waals surface area contributed by atoms with E-state index < -0.39 is 0 Å². The number of hydrogen-bond donors (Lipinski definition) is 0. The van der Waals surface area contributed by atoms with Crippen LogP contribution in [0.2, 0.25) is 0 Å². The summed E-state index contributed by atoms with van der Waals surface area (Å²) in [5, 5.41) is 0. The van der Waals surface area contributed by atoms with Gasteiger partial charge in [-0.3, -0.25) is 4.79 Å². The van der Waals surface area contributed by atoms with Crippen LogP contribution in [0, 0.1) is 0 Å². The predicted octanol–water partition coefficient (Wildman–Crippen LogP) is 2.09. The van der Waals surface area contributed by atoms with Crippen LogP contribution in [0.25, 0.3) is 6.08 Å². The molecule has 2 aliphatic rings. The second-order valence-corrected chi connectivity index (χ2v) is 4.91. The van der Waals surface area contributed by atoms with Gasteiger partial charge in [0.15, 0.2) is 0 Å². The van der Waals surface area contributed by atoms with Gasteiger partial charge in [-0.15, -0.1) is 0 Å². The second-order valence-electron chi connectivity index (χ2n) is 4.91. The Bertz CT molecular complexity index is 439. The largest absolute Gasteiger partial charge is 0.377 e. The number of hydrogen-bond acceptors (Lipinski definition) is 2. The van der Waals surface area contributed by atoms with E-state index in [1.165, 1.54) is 0 Å². The third-order valence-corrected chi connectivity index (χ3v) is 3.71. The van der Waals surface area contributed by atoms with Crippen molar-refractivity contribution in [3.63, 3.8) is 0 Å². The normalized spacial score (nSPS) is 26.8. The molecule has 2 aliphatic heterocycles. The van der Waals surface area contributed by atoms with Gasteiger partial charge in [-0.1, -0.05) is 30.3 Å². The van der Waals surface area contributed by atoms with Gasteiger partial charge in [-0.25, -0.2) is 0 Å². The molecular weight excluding hydrogens is 226 g/mol. The number of carbonyl (C=O) groups is 1. The van der Waals surface area contributed by atoms with Gasteiger partial charge in [-0.05, 0) is 24.5 Å². The summed E-state index contributed by atoms with van der Waals surface area (Å²) >= 11 is 0. The highest BCUT2D eigenvalue weighted by molar-refractivity contribution is 5.92. The van der Waals surface area contributed by atoms with E-state index in [0.29, 0.717) is 13.2 Å². The van der Waals surface area contributed by atoms with Crippen molar-refractivity contribution in [1.29, 1.82) is 0 Å². The molecular formula is C15H17NO2. The molecule has 0 aromatic heterocycles. The van der Waals surface area contributed by atoms with Crippen LogP contribution in [0.15, 0.2) is 36.4 Å². The molecule has 0 spiro atoms. The van der Waals surface area contributed by atoms with Crippen molar-refractivity contribution in [3.8, 4) is 0 Å². The highest BCUT2D eigenvalue weighted by atomic mass is 16.5. The van der Waals surface area contributed by atoms with E-state index in [9.17, 15) is 4.79 Å². The number of rotatable bonds is 2. The van der Waals surface area contributed by atoms with Crippen molar-refractivity contribution in [2.75, 3.05) is 13.2 Å². The van der Waals surface area contributed by atoms with Crippen LogP contribution < -0.4 is 0 Å². The Kier molecular flexibility index (Phi) is 3.15. The Morgan fingerprint density at radius 2 is 1.83 bits per heavy atom. The van der Waals surface area contributed by atoms with Crippen LogP contribution in [0.3, 0.4) is 0 Å². The second kappa shape index (κ2) is 4.94. The molecule has 2 bridgehead atoms. The molecule has 1 aromatic carbocycles. The topological polar surface area (TPSA) is 29.5 Å².